The monoisotopic (exact) mass is 235 g/mol. The van der Waals surface area contributed by atoms with Crippen molar-refractivity contribution in [3.8, 4) is 5.75 Å². The van der Waals surface area contributed by atoms with E-state index in [-0.39, 0.29) is 5.54 Å². The first-order valence-corrected chi connectivity index (χ1v) is 6.96. The molecule has 0 atom stereocenters. The Morgan fingerprint density at radius 3 is 2.81 bits per heavy atom. The lowest BCUT2D eigenvalue weighted by Gasteiger charge is -2.34. The van der Waals surface area contributed by atoms with E-state index in [0.717, 1.165) is 24.5 Å². The Kier molecular flexibility index (Phi) is 2.60. The van der Waals surface area contributed by atoms with E-state index in [1.54, 1.807) is 11.8 Å². The predicted molar refractivity (Wildman–Crippen MR) is 66.7 cm³/mol. The van der Waals surface area contributed by atoms with Crippen LogP contribution in [0, 0.1) is 0 Å². The number of benzene rings is 1. The summed E-state index contributed by atoms with van der Waals surface area (Å²) in [7, 11) is 0. The van der Waals surface area contributed by atoms with Crippen LogP contribution in [-0.4, -0.2) is 5.94 Å². The van der Waals surface area contributed by atoms with E-state index in [9.17, 15) is 0 Å². The molecule has 0 radical (unpaired) electrons. The summed E-state index contributed by atoms with van der Waals surface area (Å²) in [6, 6.07) is 6.50. The van der Waals surface area contributed by atoms with E-state index in [1.165, 1.54) is 29.7 Å². The minimum atomic E-state index is -0.107. The first-order valence-electron chi connectivity index (χ1n) is 5.97. The summed E-state index contributed by atoms with van der Waals surface area (Å²) in [5, 5.41) is 0. The smallest absolute Gasteiger partial charge is 0.138 e. The maximum absolute atomic E-state index is 6.51. The SMILES string of the molecule is NC1(c2ccc3c(c2)OCS3)CCCCC1. The molecule has 1 saturated carbocycles. The highest BCUT2D eigenvalue weighted by molar-refractivity contribution is 7.99. The molecule has 1 aromatic rings. The molecule has 3 rings (SSSR count). The lowest BCUT2D eigenvalue weighted by molar-refractivity contribution is 0.300. The standard InChI is InChI=1S/C13H17NOS/c14-13(6-2-1-3-7-13)10-4-5-12-11(8-10)15-9-16-12/h4-5,8H,1-3,6-7,9,14H2. The molecule has 2 nitrogen and oxygen atoms in total. The highest BCUT2D eigenvalue weighted by Gasteiger charge is 2.30. The molecular formula is C13H17NOS. The zero-order chi connectivity index (χ0) is 11.0. The van der Waals surface area contributed by atoms with Gasteiger partial charge in [0.25, 0.3) is 0 Å². The molecule has 1 heterocycles. The first-order chi connectivity index (χ1) is 7.78. The summed E-state index contributed by atoms with van der Waals surface area (Å²) in [5.74, 6) is 1.77. The first kappa shape index (κ1) is 10.5. The Labute approximate surface area is 101 Å². The Bertz CT molecular complexity index is 399. The fourth-order valence-corrected chi connectivity index (χ4v) is 3.41. The van der Waals surface area contributed by atoms with E-state index in [0.29, 0.717) is 0 Å². The van der Waals surface area contributed by atoms with Gasteiger partial charge in [0.1, 0.15) is 11.7 Å². The molecule has 86 valence electrons. The van der Waals surface area contributed by atoms with Crippen molar-refractivity contribution in [2.24, 2.45) is 5.73 Å². The molecule has 0 spiro atoms. The maximum atomic E-state index is 6.51. The van der Waals surface area contributed by atoms with Gasteiger partial charge in [-0.25, -0.2) is 0 Å². The van der Waals surface area contributed by atoms with E-state index < -0.39 is 0 Å². The molecule has 0 bridgehead atoms. The van der Waals surface area contributed by atoms with Gasteiger partial charge < -0.3 is 10.5 Å². The van der Waals surface area contributed by atoms with Gasteiger partial charge in [-0.15, -0.1) is 0 Å². The lowest BCUT2D eigenvalue weighted by Crippen LogP contribution is -2.38. The largest absolute Gasteiger partial charge is 0.481 e. The van der Waals surface area contributed by atoms with Crippen molar-refractivity contribution >= 4 is 11.8 Å². The van der Waals surface area contributed by atoms with Crippen molar-refractivity contribution < 1.29 is 4.74 Å². The highest BCUT2D eigenvalue weighted by Crippen LogP contribution is 2.41. The molecule has 0 saturated heterocycles. The van der Waals surface area contributed by atoms with Crippen LogP contribution < -0.4 is 10.5 Å². The van der Waals surface area contributed by atoms with Crippen LogP contribution in [0.15, 0.2) is 23.1 Å². The number of nitrogens with two attached hydrogens (primary N) is 1. The third-order valence-electron chi connectivity index (χ3n) is 3.69. The van der Waals surface area contributed by atoms with E-state index in [2.05, 4.69) is 18.2 Å². The van der Waals surface area contributed by atoms with Crippen molar-refractivity contribution in [1.82, 2.24) is 0 Å². The van der Waals surface area contributed by atoms with Crippen LogP contribution in [-0.2, 0) is 5.54 Å². The van der Waals surface area contributed by atoms with Crippen molar-refractivity contribution in [3.63, 3.8) is 0 Å². The summed E-state index contributed by atoms with van der Waals surface area (Å²) in [4.78, 5) is 1.25. The fourth-order valence-electron chi connectivity index (χ4n) is 2.68. The number of rotatable bonds is 1. The average Bonchev–Trinajstić information content (AvgIpc) is 2.77. The van der Waals surface area contributed by atoms with Crippen molar-refractivity contribution in [2.45, 2.75) is 42.5 Å². The van der Waals surface area contributed by atoms with Crippen LogP contribution in [0.25, 0.3) is 0 Å². The van der Waals surface area contributed by atoms with Crippen LogP contribution in [0.2, 0.25) is 0 Å². The summed E-state index contributed by atoms with van der Waals surface area (Å²) in [5.41, 5.74) is 7.66. The number of fused-ring (bicyclic) bond motifs is 1. The zero-order valence-electron chi connectivity index (χ0n) is 9.37. The molecule has 3 heteroatoms. The molecule has 0 amide bonds. The van der Waals surface area contributed by atoms with Gasteiger partial charge in [-0.2, -0.15) is 0 Å². The summed E-state index contributed by atoms with van der Waals surface area (Å²) >= 11 is 1.76. The molecule has 1 aliphatic heterocycles. The van der Waals surface area contributed by atoms with Crippen LogP contribution >= 0.6 is 11.8 Å². The molecule has 1 fully saturated rings. The number of thioether (sulfide) groups is 1. The van der Waals surface area contributed by atoms with Crippen LogP contribution in [0.3, 0.4) is 0 Å². The second-order valence-electron chi connectivity index (χ2n) is 4.78. The van der Waals surface area contributed by atoms with Gasteiger partial charge >= 0.3 is 0 Å². The average molecular weight is 235 g/mol. The van der Waals surface area contributed by atoms with Gasteiger partial charge in [0.15, 0.2) is 0 Å². The van der Waals surface area contributed by atoms with E-state index in [1.807, 2.05) is 0 Å². The van der Waals surface area contributed by atoms with Gasteiger partial charge in [0, 0.05) is 5.54 Å². The fraction of sp³-hybridized carbons (Fsp3) is 0.538. The Morgan fingerprint density at radius 2 is 2.00 bits per heavy atom. The number of ether oxygens (including phenoxy) is 1. The minimum absolute atomic E-state index is 0.107. The second kappa shape index (κ2) is 3.97. The van der Waals surface area contributed by atoms with Crippen LogP contribution in [0.4, 0.5) is 0 Å². The summed E-state index contributed by atoms with van der Waals surface area (Å²) in [6.07, 6.45) is 6.06. The molecule has 1 aromatic carbocycles. The van der Waals surface area contributed by atoms with Crippen molar-refractivity contribution in [3.05, 3.63) is 23.8 Å². The normalized spacial score (nSPS) is 22.6. The Balaban J connectivity index is 1.93. The molecule has 2 aliphatic rings. The number of hydrogen-bond acceptors (Lipinski definition) is 3. The predicted octanol–water partition coefficient (Wildman–Crippen LogP) is 3.25. The third-order valence-corrected chi connectivity index (χ3v) is 4.58. The zero-order valence-corrected chi connectivity index (χ0v) is 10.2. The molecule has 0 aromatic heterocycles. The molecule has 16 heavy (non-hydrogen) atoms. The molecule has 0 unspecified atom stereocenters. The molecule has 1 aliphatic carbocycles. The minimum Gasteiger partial charge on any atom is -0.481 e. The maximum Gasteiger partial charge on any atom is 0.138 e. The van der Waals surface area contributed by atoms with Crippen LogP contribution in [0.1, 0.15) is 37.7 Å². The summed E-state index contributed by atoms with van der Waals surface area (Å²) in [6.45, 7) is 0. The summed E-state index contributed by atoms with van der Waals surface area (Å²) < 4.78 is 5.58. The number of hydrogen-bond donors (Lipinski definition) is 1. The van der Waals surface area contributed by atoms with Crippen molar-refractivity contribution in [2.75, 3.05) is 5.94 Å². The second-order valence-corrected chi connectivity index (χ2v) is 5.75. The van der Waals surface area contributed by atoms with Gasteiger partial charge in [-0.05, 0) is 30.5 Å². The van der Waals surface area contributed by atoms with E-state index in [4.69, 9.17) is 10.5 Å². The van der Waals surface area contributed by atoms with Crippen LogP contribution in [0.5, 0.6) is 5.75 Å². The Morgan fingerprint density at radius 1 is 1.19 bits per heavy atom. The van der Waals surface area contributed by atoms with Gasteiger partial charge in [0.2, 0.25) is 0 Å². The Hall–Kier alpha value is -0.670. The van der Waals surface area contributed by atoms with Gasteiger partial charge in [-0.1, -0.05) is 37.1 Å². The lowest BCUT2D eigenvalue weighted by atomic mass is 9.77. The molecule has 2 N–H and O–H groups in total. The topological polar surface area (TPSA) is 35.2 Å². The molecular weight excluding hydrogens is 218 g/mol. The van der Waals surface area contributed by atoms with Gasteiger partial charge in [-0.3, -0.25) is 0 Å². The van der Waals surface area contributed by atoms with E-state index >= 15 is 0 Å². The van der Waals surface area contributed by atoms with Gasteiger partial charge in [0.05, 0.1) is 4.90 Å². The third kappa shape index (κ3) is 1.72. The van der Waals surface area contributed by atoms with Crippen molar-refractivity contribution in [1.29, 1.82) is 0 Å². The quantitative estimate of drug-likeness (QED) is 0.811. The highest BCUT2D eigenvalue weighted by atomic mass is 32.2.